The van der Waals surface area contributed by atoms with Crippen molar-refractivity contribution in [2.45, 2.75) is 44.5 Å². The predicted molar refractivity (Wildman–Crippen MR) is 81.8 cm³/mol. The standard InChI is InChI=1S/C15H16F3N3O4/c1-2-3-6-10-9-14(23,15(16,17)18)20(19-10)13(22)11-7-4-5-8-12(11)21(24)25/h4-5,7-8,23H,2-3,6,9H2,1H3/t14-/m1/s1. The minimum Gasteiger partial charge on any atom is -0.362 e. The lowest BCUT2D eigenvalue weighted by Gasteiger charge is -2.32. The average Bonchev–Trinajstić information content (AvgIpc) is 2.90. The molecule has 25 heavy (non-hydrogen) atoms. The van der Waals surface area contributed by atoms with E-state index in [1.54, 1.807) is 0 Å². The molecule has 1 amide bonds. The summed E-state index contributed by atoms with van der Waals surface area (Å²) in [4.78, 5) is 22.7. The molecule has 0 saturated carbocycles. The SMILES string of the molecule is CCCCC1=NN(C(=O)c2ccccc2[N+](=O)[O-])[C@](O)(C(F)(F)F)C1. The van der Waals surface area contributed by atoms with Gasteiger partial charge in [-0.05, 0) is 18.9 Å². The van der Waals surface area contributed by atoms with Crippen LogP contribution in [0.15, 0.2) is 29.4 Å². The van der Waals surface area contributed by atoms with Gasteiger partial charge in [0.15, 0.2) is 0 Å². The zero-order valence-electron chi connectivity index (χ0n) is 13.3. The molecule has 1 atom stereocenters. The van der Waals surface area contributed by atoms with E-state index in [0.717, 1.165) is 12.1 Å². The van der Waals surface area contributed by atoms with Gasteiger partial charge in [0.1, 0.15) is 5.56 Å². The quantitative estimate of drug-likeness (QED) is 0.645. The fraction of sp³-hybridized carbons (Fsp3) is 0.467. The molecule has 10 heteroatoms. The lowest BCUT2D eigenvalue weighted by molar-refractivity contribution is -0.385. The second-order valence-corrected chi connectivity index (χ2v) is 5.65. The van der Waals surface area contributed by atoms with Gasteiger partial charge in [0.2, 0.25) is 0 Å². The lowest BCUT2D eigenvalue weighted by Crippen LogP contribution is -2.56. The number of para-hydroxylation sites is 1. The maximum atomic E-state index is 13.4. The van der Waals surface area contributed by atoms with E-state index in [2.05, 4.69) is 5.10 Å². The lowest BCUT2D eigenvalue weighted by atomic mass is 10.0. The van der Waals surface area contributed by atoms with Crippen molar-refractivity contribution in [3.05, 3.63) is 39.9 Å². The number of aliphatic hydroxyl groups is 1. The van der Waals surface area contributed by atoms with E-state index in [0.29, 0.717) is 12.8 Å². The molecule has 1 aliphatic heterocycles. The van der Waals surface area contributed by atoms with Crippen molar-refractivity contribution in [3.63, 3.8) is 0 Å². The number of rotatable bonds is 5. The Labute approximate surface area is 140 Å². The normalized spacial score (nSPS) is 20.5. The predicted octanol–water partition coefficient (Wildman–Crippen LogP) is 3.24. The van der Waals surface area contributed by atoms with E-state index >= 15 is 0 Å². The van der Waals surface area contributed by atoms with Crippen LogP contribution in [0, 0.1) is 10.1 Å². The molecule has 1 aromatic rings. The molecule has 136 valence electrons. The van der Waals surface area contributed by atoms with E-state index in [1.807, 2.05) is 6.92 Å². The highest BCUT2D eigenvalue weighted by atomic mass is 19.4. The number of nitro benzene ring substituents is 1. The molecule has 1 N–H and O–H groups in total. The van der Waals surface area contributed by atoms with Crippen LogP contribution in [0.25, 0.3) is 0 Å². The number of carbonyl (C=O) groups is 1. The summed E-state index contributed by atoms with van der Waals surface area (Å²) >= 11 is 0. The Bertz CT molecular complexity index is 720. The van der Waals surface area contributed by atoms with Crippen molar-refractivity contribution in [2.75, 3.05) is 0 Å². The van der Waals surface area contributed by atoms with E-state index in [-0.39, 0.29) is 17.1 Å². The van der Waals surface area contributed by atoms with Crippen LogP contribution in [-0.4, -0.2) is 38.6 Å². The molecule has 0 bridgehead atoms. The molecular formula is C15H16F3N3O4. The van der Waals surface area contributed by atoms with Crippen LogP contribution in [0.4, 0.5) is 18.9 Å². The maximum Gasteiger partial charge on any atom is 0.438 e. The summed E-state index contributed by atoms with van der Waals surface area (Å²) < 4.78 is 40.1. The van der Waals surface area contributed by atoms with Crippen molar-refractivity contribution in [3.8, 4) is 0 Å². The van der Waals surface area contributed by atoms with Crippen LogP contribution in [0.1, 0.15) is 43.0 Å². The number of nitro groups is 1. The third kappa shape index (κ3) is 3.48. The fourth-order valence-corrected chi connectivity index (χ4v) is 2.50. The Kier molecular flexibility index (Phi) is 5.12. The van der Waals surface area contributed by atoms with E-state index in [9.17, 15) is 33.2 Å². The van der Waals surface area contributed by atoms with Crippen molar-refractivity contribution in [1.29, 1.82) is 0 Å². The van der Waals surface area contributed by atoms with Gasteiger partial charge >= 0.3 is 6.18 Å². The van der Waals surface area contributed by atoms with Gasteiger partial charge in [0.25, 0.3) is 17.3 Å². The first-order valence-electron chi connectivity index (χ1n) is 7.55. The number of nitrogens with zero attached hydrogens (tertiary/aromatic N) is 3. The highest BCUT2D eigenvalue weighted by molar-refractivity contribution is 6.01. The molecule has 2 rings (SSSR count). The third-order valence-corrected chi connectivity index (χ3v) is 3.84. The molecule has 1 aromatic carbocycles. The summed E-state index contributed by atoms with van der Waals surface area (Å²) in [6.45, 7) is 1.84. The van der Waals surface area contributed by atoms with E-state index in [1.165, 1.54) is 12.1 Å². The molecule has 1 aliphatic rings. The smallest absolute Gasteiger partial charge is 0.362 e. The van der Waals surface area contributed by atoms with Crippen molar-refractivity contribution in [1.82, 2.24) is 5.01 Å². The second-order valence-electron chi connectivity index (χ2n) is 5.65. The van der Waals surface area contributed by atoms with Crippen LogP contribution in [0.3, 0.4) is 0 Å². The number of benzene rings is 1. The van der Waals surface area contributed by atoms with Crippen LogP contribution in [0.5, 0.6) is 0 Å². The maximum absolute atomic E-state index is 13.4. The molecule has 1 heterocycles. The Balaban J connectivity index is 2.47. The van der Waals surface area contributed by atoms with Gasteiger partial charge in [-0.1, -0.05) is 25.5 Å². The largest absolute Gasteiger partial charge is 0.438 e. The summed E-state index contributed by atoms with van der Waals surface area (Å²) in [5.41, 5.74) is -4.73. The number of alkyl halides is 3. The zero-order chi connectivity index (χ0) is 18.8. The Morgan fingerprint density at radius 1 is 1.44 bits per heavy atom. The Hall–Kier alpha value is -2.49. The van der Waals surface area contributed by atoms with Crippen LogP contribution >= 0.6 is 0 Å². The Morgan fingerprint density at radius 2 is 2.08 bits per heavy atom. The van der Waals surface area contributed by atoms with Crippen molar-refractivity contribution in [2.24, 2.45) is 5.10 Å². The average molecular weight is 359 g/mol. The van der Waals surface area contributed by atoms with Gasteiger partial charge in [0, 0.05) is 18.2 Å². The number of halogens is 3. The molecule has 0 aliphatic carbocycles. The number of unbranched alkanes of at least 4 members (excludes halogenated alkanes) is 1. The molecular weight excluding hydrogens is 343 g/mol. The number of hydrazone groups is 1. The van der Waals surface area contributed by atoms with Crippen LogP contribution in [0.2, 0.25) is 0 Å². The second kappa shape index (κ2) is 6.79. The molecule has 0 aromatic heterocycles. The highest BCUT2D eigenvalue weighted by Gasteiger charge is 2.63. The number of carbonyl (C=O) groups excluding carboxylic acids is 1. The number of hydrogen-bond donors (Lipinski definition) is 1. The minimum absolute atomic E-state index is 0.0219. The van der Waals surface area contributed by atoms with Gasteiger partial charge in [-0.3, -0.25) is 14.9 Å². The highest BCUT2D eigenvalue weighted by Crippen LogP contribution is 2.42. The van der Waals surface area contributed by atoms with Gasteiger partial charge in [0.05, 0.1) is 4.92 Å². The number of hydrogen-bond acceptors (Lipinski definition) is 5. The number of amides is 1. The van der Waals surface area contributed by atoms with Crippen LogP contribution < -0.4 is 0 Å². The van der Waals surface area contributed by atoms with Gasteiger partial charge < -0.3 is 5.11 Å². The summed E-state index contributed by atoms with van der Waals surface area (Å²) in [6.07, 6.45) is -4.61. The summed E-state index contributed by atoms with van der Waals surface area (Å²) in [5, 5.41) is 24.7. The first-order valence-corrected chi connectivity index (χ1v) is 7.55. The van der Waals surface area contributed by atoms with Gasteiger partial charge in [-0.2, -0.15) is 23.3 Å². The fourth-order valence-electron chi connectivity index (χ4n) is 2.50. The summed E-state index contributed by atoms with van der Waals surface area (Å²) in [7, 11) is 0. The molecule has 0 fully saturated rings. The molecule has 0 radical (unpaired) electrons. The molecule has 0 saturated heterocycles. The van der Waals surface area contributed by atoms with Crippen LogP contribution in [-0.2, 0) is 0 Å². The summed E-state index contributed by atoms with van der Waals surface area (Å²) in [6, 6.07) is 4.59. The summed E-state index contributed by atoms with van der Waals surface area (Å²) in [5.74, 6) is -1.38. The minimum atomic E-state index is -5.16. The van der Waals surface area contributed by atoms with Gasteiger partial charge in [-0.15, -0.1) is 0 Å². The molecule has 0 unspecified atom stereocenters. The van der Waals surface area contributed by atoms with Crippen molar-refractivity contribution < 1.29 is 28.0 Å². The topological polar surface area (TPSA) is 96.0 Å². The molecule has 0 spiro atoms. The third-order valence-electron chi connectivity index (χ3n) is 3.84. The Morgan fingerprint density at radius 3 is 2.64 bits per heavy atom. The van der Waals surface area contributed by atoms with E-state index in [4.69, 9.17) is 0 Å². The first-order chi connectivity index (χ1) is 11.6. The van der Waals surface area contributed by atoms with Crippen molar-refractivity contribution >= 4 is 17.3 Å². The first kappa shape index (κ1) is 18.8. The zero-order valence-corrected chi connectivity index (χ0v) is 13.3. The van der Waals surface area contributed by atoms with E-state index < -0.39 is 40.4 Å². The monoisotopic (exact) mass is 359 g/mol. The molecule has 7 nitrogen and oxygen atoms in total. The van der Waals surface area contributed by atoms with Gasteiger partial charge in [-0.25, -0.2) is 0 Å².